The summed E-state index contributed by atoms with van der Waals surface area (Å²) in [5.41, 5.74) is 0.805. The largest absolute Gasteiger partial charge is 0.299 e. The van der Waals surface area contributed by atoms with E-state index in [0.29, 0.717) is 5.78 Å². The molecule has 1 aliphatic carbocycles. The van der Waals surface area contributed by atoms with Gasteiger partial charge in [-0.3, -0.25) is 4.79 Å². The van der Waals surface area contributed by atoms with Crippen LogP contribution in [0.25, 0.3) is 0 Å². The molecule has 0 saturated heterocycles. The first-order valence-electron chi connectivity index (χ1n) is 4.92. The van der Waals surface area contributed by atoms with Gasteiger partial charge in [-0.2, -0.15) is 0 Å². The molecule has 72 valence electrons. The summed E-state index contributed by atoms with van der Waals surface area (Å²) >= 11 is 0. The number of hydrogen-bond donors (Lipinski definition) is 0. The molecule has 0 N–H and O–H groups in total. The highest BCUT2D eigenvalue weighted by Gasteiger charge is 2.36. The van der Waals surface area contributed by atoms with Crippen LogP contribution in [0.1, 0.15) is 39.0 Å². The molecule has 1 aliphatic rings. The van der Waals surface area contributed by atoms with E-state index in [4.69, 9.17) is 0 Å². The lowest BCUT2D eigenvalue weighted by molar-refractivity contribution is -0.128. The first kappa shape index (κ1) is 10.2. The van der Waals surface area contributed by atoms with E-state index >= 15 is 0 Å². The Morgan fingerprint density at radius 2 is 2.31 bits per heavy atom. The summed E-state index contributed by atoms with van der Waals surface area (Å²) in [6.45, 7) is 9.65. The van der Waals surface area contributed by atoms with Crippen LogP contribution in [-0.4, -0.2) is 5.78 Å². The zero-order chi connectivity index (χ0) is 9.90. The number of hydrogen-bond acceptors (Lipinski definition) is 1. The first-order chi connectivity index (χ1) is 6.10. The summed E-state index contributed by atoms with van der Waals surface area (Å²) in [6, 6.07) is 0. The fourth-order valence-corrected chi connectivity index (χ4v) is 2.13. The number of rotatable bonds is 3. The number of ketones is 1. The van der Waals surface area contributed by atoms with Crippen molar-refractivity contribution in [3.05, 3.63) is 24.8 Å². The van der Waals surface area contributed by atoms with Crippen molar-refractivity contribution in [2.75, 3.05) is 0 Å². The Morgan fingerprint density at radius 3 is 2.77 bits per heavy atom. The van der Waals surface area contributed by atoms with Gasteiger partial charge in [0.05, 0.1) is 5.41 Å². The van der Waals surface area contributed by atoms with Gasteiger partial charge in [0.1, 0.15) is 5.78 Å². The monoisotopic (exact) mass is 178 g/mol. The topological polar surface area (TPSA) is 17.1 Å². The molecular weight excluding hydrogens is 160 g/mol. The second-order valence-corrected chi connectivity index (χ2v) is 4.12. The lowest BCUT2D eigenvalue weighted by Crippen LogP contribution is -2.32. The third kappa shape index (κ3) is 2.09. The molecule has 0 heterocycles. The summed E-state index contributed by atoms with van der Waals surface area (Å²) < 4.78 is 0. The van der Waals surface area contributed by atoms with Gasteiger partial charge in [0.15, 0.2) is 0 Å². The van der Waals surface area contributed by atoms with Crippen molar-refractivity contribution in [1.29, 1.82) is 0 Å². The van der Waals surface area contributed by atoms with Gasteiger partial charge in [-0.25, -0.2) is 0 Å². The van der Waals surface area contributed by atoms with Crippen LogP contribution < -0.4 is 0 Å². The van der Waals surface area contributed by atoms with Crippen molar-refractivity contribution in [3.63, 3.8) is 0 Å². The van der Waals surface area contributed by atoms with Crippen molar-refractivity contribution in [3.8, 4) is 0 Å². The fourth-order valence-electron chi connectivity index (χ4n) is 2.13. The van der Waals surface area contributed by atoms with E-state index in [9.17, 15) is 4.79 Å². The van der Waals surface area contributed by atoms with Crippen molar-refractivity contribution in [2.45, 2.75) is 39.0 Å². The molecule has 0 aliphatic heterocycles. The third-order valence-electron chi connectivity index (χ3n) is 2.84. The molecule has 1 rings (SSSR count). The van der Waals surface area contributed by atoms with Crippen LogP contribution in [0.3, 0.4) is 0 Å². The molecule has 1 atom stereocenters. The molecule has 0 bridgehead atoms. The normalized spacial score (nSPS) is 28.5. The molecule has 13 heavy (non-hydrogen) atoms. The molecule has 1 heteroatoms. The van der Waals surface area contributed by atoms with E-state index < -0.39 is 0 Å². The quantitative estimate of drug-likeness (QED) is 0.606. The molecule has 0 unspecified atom stereocenters. The zero-order valence-electron chi connectivity index (χ0n) is 8.44. The lowest BCUT2D eigenvalue weighted by atomic mass is 9.70. The molecule has 0 aromatic carbocycles. The van der Waals surface area contributed by atoms with E-state index in [1.807, 2.05) is 13.0 Å². The highest BCUT2D eigenvalue weighted by molar-refractivity contribution is 5.87. The summed E-state index contributed by atoms with van der Waals surface area (Å²) in [5.74, 6) is 0.358. The Labute approximate surface area is 80.5 Å². The number of Topliss-reactive ketones (excluding diaryl/α,β-unsaturated/α-hetero) is 1. The van der Waals surface area contributed by atoms with Crippen molar-refractivity contribution >= 4 is 5.78 Å². The molecule has 1 saturated carbocycles. The number of allylic oxidation sites excluding steroid dienone is 2. The van der Waals surface area contributed by atoms with Crippen LogP contribution in [0.15, 0.2) is 24.8 Å². The summed E-state index contributed by atoms with van der Waals surface area (Å²) in [7, 11) is 0. The summed E-state index contributed by atoms with van der Waals surface area (Å²) in [5, 5.41) is 0. The summed E-state index contributed by atoms with van der Waals surface area (Å²) in [6.07, 6.45) is 6.50. The molecule has 0 radical (unpaired) electrons. The van der Waals surface area contributed by atoms with Crippen LogP contribution in [0.2, 0.25) is 0 Å². The predicted octanol–water partition coefficient (Wildman–Crippen LogP) is 3.27. The first-order valence-corrected chi connectivity index (χ1v) is 4.92. The van der Waals surface area contributed by atoms with Crippen molar-refractivity contribution < 1.29 is 4.79 Å². The van der Waals surface area contributed by atoms with Gasteiger partial charge in [-0.15, -0.1) is 13.2 Å². The average molecular weight is 178 g/mol. The second-order valence-electron chi connectivity index (χ2n) is 4.12. The van der Waals surface area contributed by atoms with E-state index in [1.54, 1.807) is 0 Å². The van der Waals surface area contributed by atoms with E-state index in [1.165, 1.54) is 0 Å². The maximum Gasteiger partial charge on any atom is 0.143 e. The van der Waals surface area contributed by atoms with Crippen LogP contribution in [0.4, 0.5) is 0 Å². The highest BCUT2D eigenvalue weighted by Crippen LogP contribution is 2.39. The Balaban J connectivity index is 2.82. The molecular formula is C12H18O. The van der Waals surface area contributed by atoms with Crippen LogP contribution in [0, 0.1) is 5.41 Å². The fraction of sp³-hybridized carbons (Fsp3) is 0.583. The van der Waals surface area contributed by atoms with Gasteiger partial charge in [-0.1, -0.05) is 18.1 Å². The van der Waals surface area contributed by atoms with Crippen molar-refractivity contribution in [2.24, 2.45) is 5.41 Å². The highest BCUT2D eigenvalue weighted by atomic mass is 16.1. The van der Waals surface area contributed by atoms with Gasteiger partial charge < -0.3 is 0 Å². The molecule has 1 fully saturated rings. The number of carbonyl (C=O) groups is 1. The Hall–Kier alpha value is -0.850. The third-order valence-corrected chi connectivity index (χ3v) is 2.84. The van der Waals surface area contributed by atoms with Gasteiger partial charge >= 0.3 is 0 Å². The van der Waals surface area contributed by atoms with Gasteiger partial charge in [0, 0.05) is 6.42 Å². The molecule has 0 spiro atoms. The Bertz CT molecular complexity index is 240. The van der Waals surface area contributed by atoms with Gasteiger partial charge in [-0.05, 0) is 26.2 Å². The molecule has 0 aromatic rings. The van der Waals surface area contributed by atoms with E-state index in [2.05, 4.69) is 13.2 Å². The minimum atomic E-state index is -0.274. The average Bonchev–Trinajstić information content (AvgIpc) is 2.08. The predicted molar refractivity (Wildman–Crippen MR) is 55.5 cm³/mol. The molecule has 0 amide bonds. The van der Waals surface area contributed by atoms with Gasteiger partial charge in [0.25, 0.3) is 0 Å². The minimum Gasteiger partial charge on any atom is -0.299 e. The Kier molecular flexibility index (Phi) is 3.07. The second kappa shape index (κ2) is 3.91. The van der Waals surface area contributed by atoms with E-state index in [-0.39, 0.29) is 5.41 Å². The summed E-state index contributed by atoms with van der Waals surface area (Å²) in [4.78, 5) is 11.8. The Morgan fingerprint density at radius 1 is 1.62 bits per heavy atom. The zero-order valence-corrected chi connectivity index (χ0v) is 8.44. The van der Waals surface area contributed by atoms with E-state index in [0.717, 1.165) is 37.7 Å². The van der Waals surface area contributed by atoms with Crippen LogP contribution in [-0.2, 0) is 4.79 Å². The van der Waals surface area contributed by atoms with Crippen molar-refractivity contribution in [1.82, 2.24) is 0 Å². The number of carbonyl (C=O) groups excluding carboxylic acids is 1. The standard InChI is InChI=1S/C12H18O/c1-4-12(9-10(2)3)8-6-5-7-11(12)13/h4H,1-2,5-9H2,3H3/t12-/m0/s1. The maximum absolute atomic E-state index is 11.8. The lowest BCUT2D eigenvalue weighted by Gasteiger charge is -2.32. The SMILES string of the molecule is C=C[C@@]1(CC(=C)C)CCCCC1=O. The minimum absolute atomic E-state index is 0.274. The van der Waals surface area contributed by atoms with Crippen LogP contribution in [0.5, 0.6) is 0 Å². The molecule has 0 aromatic heterocycles. The van der Waals surface area contributed by atoms with Gasteiger partial charge in [0.2, 0.25) is 0 Å². The maximum atomic E-state index is 11.8. The molecule has 1 nitrogen and oxygen atoms in total. The smallest absolute Gasteiger partial charge is 0.143 e. The van der Waals surface area contributed by atoms with Crippen LogP contribution >= 0.6 is 0 Å².